The van der Waals surface area contributed by atoms with E-state index in [4.69, 9.17) is 5.73 Å². The van der Waals surface area contributed by atoms with Crippen molar-refractivity contribution in [2.75, 3.05) is 6.54 Å². The summed E-state index contributed by atoms with van der Waals surface area (Å²) in [6, 6.07) is 5.81. The molecule has 0 saturated heterocycles. The average Bonchev–Trinajstić information content (AvgIpc) is 3.07. The highest BCUT2D eigenvalue weighted by Crippen LogP contribution is 2.19. The number of thiophene rings is 2. The van der Waals surface area contributed by atoms with E-state index < -0.39 is 0 Å². The first kappa shape index (κ1) is 13.8. The second-order valence-corrected chi connectivity index (χ2v) is 5.81. The van der Waals surface area contributed by atoms with Crippen LogP contribution >= 0.6 is 22.7 Å². The van der Waals surface area contributed by atoms with Crippen LogP contribution in [0.3, 0.4) is 0 Å². The van der Waals surface area contributed by atoms with E-state index in [2.05, 4.69) is 17.2 Å². The van der Waals surface area contributed by atoms with Crippen LogP contribution in [-0.2, 0) is 0 Å². The molecule has 2 aromatic heterocycles. The summed E-state index contributed by atoms with van der Waals surface area (Å²) < 4.78 is 0. The summed E-state index contributed by atoms with van der Waals surface area (Å²) in [5.74, 6) is 5.63. The van der Waals surface area contributed by atoms with Crippen molar-refractivity contribution >= 4 is 28.6 Å². The van der Waals surface area contributed by atoms with Crippen LogP contribution < -0.4 is 11.1 Å². The van der Waals surface area contributed by atoms with Crippen LogP contribution in [-0.4, -0.2) is 12.5 Å². The highest BCUT2D eigenvalue weighted by atomic mass is 32.1. The maximum Gasteiger partial charge on any atom is 0.252 e. The lowest BCUT2D eigenvalue weighted by atomic mass is 10.2. The molecule has 0 saturated carbocycles. The number of nitrogens with two attached hydrogens (primary N) is 1. The number of rotatable bonds is 3. The zero-order valence-corrected chi connectivity index (χ0v) is 12.1. The second-order valence-electron chi connectivity index (χ2n) is 3.92. The van der Waals surface area contributed by atoms with Gasteiger partial charge < -0.3 is 11.1 Å². The molecule has 2 heterocycles. The highest BCUT2D eigenvalue weighted by molar-refractivity contribution is 7.11. The summed E-state index contributed by atoms with van der Waals surface area (Å²) in [5.41, 5.74) is 5.96. The molecule has 2 aromatic rings. The van der Waals surface area contributed by atoms with Gasteiger partial charge >= 0.3 is 0 Å². The first-order valence-electron chi connectivity index (χ1n) is 5.82. The van der Waals surface area contributed by atoms with E-state index in [0.29, 0.717) is 12.1 Å². The van der Waals surface area contributed by atoms with Gasteiger partial charge in [-0.25, -0.2) is 0 Å². The minimum absolute atomic E-state index is 0.0194. The van der Waals surface area contributed by atoms with Gasteiger partial charge in [-0.1, -0.05) is 17.9 Å². The zero-order chi connectivity index (χ0) is 13.7. The Morgan fingerprint density at radius 1 is 1.53 bits per heavy atom. The number of carbonyl (C=O) groups is 1. The molecule has 0 bridgehead atoms. The first-order valence-corrected chi connectivity index (χ1v) is 7.58. The van der Waals surface area contributed by atoms with Crippen LogP contribution in [0.2, 0.25) is 0 Å². The van der Waals surface area contributed by atoms with Crippen molar-refractivity contribution in [3.05, 3.63) is 44.3 Å². The standard InChI is InChI=1S/C14H14N2OS2/c1-10(13-5-3-7-18-13)16-14(17)11-8-12(19-9-11)4-2-6-15/h3,5,7-10H,6,15H2,1H3,(H,16,17). The Hall–Kier alpha value is -1.61. The van der Waals surface area contributed by atoms with Crippen molar-refractivity contribution < 1.29 is 4.79 Å². The van der Waals surface area contributed by atoms with Gasteiger partial charge in [0.2, 0.25) is 0 Å². The molecule has 0 aliphatic heterocycles. The maximum absolute atomic E-state index is 12.1. The van der Waals surface area contributed by atoms with Crippen molar-refractivity contribution in [2.24, 2.45) is 5.73 Å². The quantitative estimate of drug-likeness (QED) is 0.854. The maximum atomic E-state index is 12.1. The van der Waals surface area contributed by atoms with Gasteiger partial charge in [-0.3, -0.25) is 4.79 Å². The van der Waals surface area contributed by atoms with Crippen molar-refractivity contribution in [2.45, 2.75) is 13.0 Å². The molecule has 0 radical (unpaired) electrons. The summed E-state index contributed by atoms with van der Waals surface area (Å²) in [6.45, 7) is 2.31. The fourth-order valence-electron chi connectivity index (χ4n) is 1.55. The molecule has 3 nitrogen and oxygen atoms in total. The van der Waals surface area contributed by atoms with E-state index in [9.17, 15) is 4.79 Å². The molecule has 0 aliphatic rings. The Kier molecular flexibility index (Phi) is 4.74. The lowest BCUT2D eigenvalue weighted by Crippen LogP contribution is -2.25. The molecular formula is C14H14N2OS2. The molecule has 1 atom stereocenters. The van der Waals surface area contributed by atoms with Gasteiger partial charge in [-0.2, -0.15) is 0 Å². The molecule has 5 heteroatoms. The topological polar surface area (TPSA) is 55.1 Å². The van der Waals surface area contributed by atoms with E-state index >= 15 is 0 Å². The van der Waals surface area contributed by atoms with E-state index in [0.717, 1.165) is 9.75 Å². The van der Waals surface area contributed by atoms with Gasteiger partial charge in [0.1, 0.15) is 0 Å². The lowest BCUT2D eigenvalue weighted by molar-refractivity contribution is 0.0941. The fraction of sp³-hybridized carbons (Fsp3) is 0.214. The Bertz CT molecular complexity index is 605. The molecule has 1 unspecified atom stereocenters. The number of amides is 1. The van der Waals surface area contributed by atoms with Crippen LogP contribution in [0.1, 0.15) is 33.1 Å². The number of nitrogens with one attached hydrogen (secondary N) is 1. The van der Waals surface area contributed by atoms with Crippen LogP contribution in [0, 0.1) is 11.8 Å². The third-order valence-corrected chi connectivity index (χ3v) is 4.39. The number of hydrogen-bond donors (Lipinski definition) is 2. The molecule has 19 heavy (non-hydrogen) atoms. The monoisotopic (exact) mass is 290 g/mol. The summed E-state index contributed by atoms with van der Waals surface area (Å²) in [4.78, 5) is 14.1. The predicted molar refractivity (Wildman–Crippen MR) is 80.5 cm³/mol. The smallest absolute Gasteiger partial charge is 0.252 e. The predicted octanol–water partition coefficient (Wildman–Crippen LogP) is 2.61. The molecule has 2 rings (SSSR count). The van der Waals surface area contributed by atoms with Crippen LogP contribution in [0.4, 0.5) is 0 Å². The summed E-state index contributed by atoms with van der Waals surface area (Å²) in [5, 5.41) is 6.79. The zero-order valence-electron chi connectivity index (χ0n) is 10.5. The molecule has 0 aliphatic carbocycles. The first-order chi connectivity index (χ1) is 9.20. The molecule has 0 fully saturated rings. The molecule has 0 aromatic carbocycles. The largest absolute Gasteiger partial charge is 0.345 e. The van der Waals surface area contributed by atoms with Gasteiger partial charge in [0.05, 0.1) is 23.0 Å². The second kappa shape index (κ2) is 6.53. The van der Waals surface area contributed by atoms with E-state index in [1.54, 1.807) is 17.4 Å². The third kappa shape index (κ3) is 3.67. The van der Waals surface area contributed by atoms with E-state index in [1.807, 2.05) is 29.8 Å². The van der Waals surface area contributed by atoms with Crippen molar-refractivity contribution in [3.63, 3.8) is 0 Å². The lowest BCUT2D eigenvalue weighted by Gasteiger charge is -2.11. The van der Waals surface area contributed by atoms with Gasteiger partial charge in [-0.05, 0) is 24.4 Å². The SMILES string of the molecule is CC(NC(=O)c1csc(C#CCN)c1)c1cccs1. The number of carbonyl (C=O) groups excluding carboxylic acids is 1. The summed E-state index contributed by atoms with van der Waals surface area (Å²) in [7, 11) is 0. The van der Waals surface area contributed by atoms with Gasteiger partial charge in [0.25, 0.3) is 5.91 Å². The van der Waals surface area contributed by atoms with Crippen molar-refractivity contribution in [1.82, 2.24) is 5.32 Å². The minimum atomic E-state index is -0.0713. The van der Waals surface area contributed by atoms with Gasteiger partial charge in [-0.15, -0.1) is 22.7 Å². The van der Waals surface area contributed by atoms with Crippen molar-refractivity contribution in [3.8, 4) is 11.8 Å². The molecule has 3 N–H and O–H groups in total. The normalized spacial score (nSPS) is 11.5. The third-order valence-electron chi connectivity index (χ3n) is 2.49. The van der Waals surface area contributed by atoms with Crippen molar-refractivity contribution in [1.29, 1.82) is 0 Å². The van der Waals surface area contributed by atoms with E-state index in [-0.39, 0.29) is 11.9 Å². The summed E-state index contributed by atoms with van der Waals surface area (Å²) >= 11 is 3.09. The Balaban J connectivity index is 2.02. The van der Waals surface area contributed by atoms with Crippen LogP contribution in [0.15, 0.2) is 29.0 Å². The Morgan fingerprint density at radius 2 is 2.37 bits per heavy atom. The molecule has 0 spiro atoms. The summed E-state index contributed by atoms with van der Waals surface area (Å²) in [6.07, 6.45) is 0. The average molecular weight is 290 g/mol. The number of hydrogen-bond acceptors (Lipinski definition) is 4. The minimum Gasteiger partial charge on any atom is -0.345 e. The van der Waals surface area contributed by atoms with Gasteiger partial charge in [0.15, 0.2) is 0 Å². The van der Waals surface area contributed by atoms with E-state index in [1.165, 1.54) is 11.3 Å². The molecule has 1 amide bonds. The van der Waals surface area contributed by atoms with Crippen LogP contribution in [0.5, 0.6) is 0 Å². The van der Waals surface area contributed by atoms with Crippen LogP contribution in [0.25, 0.3) is 0 Å². The highest BCUT2D eigenvalue weighted by Gasteiger charge is 2.13. The molecular weight excluding hydrogens is 276 g/mol. The fourth-order valence-corrected chi connectivity index (χ4v) is 3.04. The Labute approximate surface area is 120 Å². The Morgan fingerprint density at radius 3 is 3.05 bits per heavy atom. The molecule has 98 valence electrons. The van der Waals surface area contributed by atoms with Gasteiger partial charge in [0, 0.05) is 10.3 Å².